The highest BCUT2D eigenvalue weighted by atomic mass is 14.9. The molecule has 1 aliphatic heterocycles. The third-order valence-electron chi connectivity index (χ3n) is 13.0. The molecule has 1 aliphatic rings. The molecule has 0 saturated carbocycles. The lowest BCUT2D eigenvalue weighted by Gasteiger charge is -2.29. The van der Waals surface area contributed by atoms with Crippen molar-refractivity contribution in [1.29, 1.82) is 0 Å². The maximum absolute atomic E-state index is 5.41. The van der Waals surface area contributed by atoms with E-state index in [1.165, 1.54) is 49.2 Å². The minimum absolute atomic E-state index is 0.0119. The van der Waals surface area contributed by atoms with Crippen molar-refractivity contribution in [3.63, 3.8) is 0 Å². The van der Waals surface area contributed by atoms with Gasteiger partial charge in [-0.25, -0.2) is 19.9 Å². The second-order valence-corrected chi connectivity index (χ2v) is 17.1. The Morgan fingerprint density at radius 1 is 0.344 bits per heavy atom. The minimum Gasteiger partial charge on any atom is -0.228 e. The third-order valence-corrected chi connectivity index (χ3v) is 13.0. The number of rotatable bonds is 7. The molecule has 3 heterocycles. The van der Waals surface area contributed by atoms with E-state index in [0.717, 1.165) is 72.3 Å². The molecule has 4 nitrogen and oxygen atoms in total. The zero-order valence-corrected chi connectivity index (χ0v) is 35.8. The van der Waals surface area contributed by atoms with Crippen molar-refractivity contribution in [3.8, 4) is 67.8 Å². The molecule has 2 aromatic heterocycles. The smallest absolute Gasteiger partial charge is 0.228 e. The topological polar surface area (TPSA) is 51.6 Å². The standard InChI is InChI=1S/C59H41BN4/c1-36-30-37(2)57(38(3)31-36)60-48-28-16-26-44-46(58-61-50(39-18-8-4-9-19-39)34-51(62-58)40-20-10-5-11-21-40)32-43-33-47(45-27-17-29-49(60)56(45)54(43)55(44)48)59-63-52(41-22-12-6-13-23-41)35-53(64-59)42-24-14-7-15-25-42/h4-35H,1-3H3. The Balaban J connectivity index is 1.22. The summed E-state index contributed by atoms with van der Waals surface area (Å²) < 4.78 is 0. The Bertz CT molecular complexity index is 3280. The number of hydrogen-bond acceptors (Lipinski definition) is 4. The second kappa shape index (κ2) is 15.1. The van der Waals surface area contributed by atoms with Gasteiger partial charge in [0.2, 0.25) is 6.71 Å². The molecule has 12 rings (SSSR count). The average Bonchev–Trinajstić information content (AvgIpc) is 3.35. The van der Waals surface area contributed by atoms with Crippen molar-refractivity contribution in [2.24, 2.45) is 0 Å². The molecule has 9 aromatic carbocycles. The van der Waals surface area contributed by atoms with Gasteiger partial charge in [0.1, 0.15) is 0 Å². The summed E-state index contributed by atoms with van der Waals surface area (Å²) in [6.45, 7) is 6.73. The van der Waals surface area contributed by atoms with Gasteiger partial charge in [0, 0.05) is 33.4 Å². The van der Waals surface area contributed by atoms with Crippen molar-refractivity contribution in [2.75, 3.05) is 0 Å². The molecule has 0 aliphatic carbocycles. The molecule has 0 saturated heterocycles. The van der Waals surface area contributed by atoms with Crippen LogP contribution in [0.15, 0.2) is 194 Å². The van der Waals surface area contributed by atoms with Crippen LogP contribution in [0.4, 0.5) is 0 Å². The molecule has 0 unspecified atom stereocenters. The zero-order valence-electron chi connectivity index (χ0n) is 35.8. The first-order valence-corrected chi connectivity index (χ1v) is 22.0. The number of aryl methyl sites for hydroxylation is 3. The van der Waals surface area contributed by atoms with E-state index in [9.17, 15) is 0 Å². The summed E-state index contributed by atoms with van der Waals surface area (Å²) in [7, 11) is 0. The molecule has 0 amide bonds. The molecule has 64 heavy (non-hydrogen) atoms. The van der Waals surface area contributed by atoms with E-state index in [2.05, 4.69) is 191 Å². The molecule has 0 bridgehead atoms. The van der Waals surface area contributed by atoms with Crippen LogP contribution < -0.4 is 16.4 Å². The predicted molar refractivity (Wildman–Crippen MR) is 268 cm³/mol. The molecule has 0 fully saturated rings. The van der Waals surface area contributed by atoms with Crippen molar-refractivity contribution >= 4 is 55.4 Å². The summed E-state index contributed by atoms with van der Waals surface area (Å²) in [5, 5.41) is 7.11. The summed E-state index contributed by atoms with van der Waals surface area (Å²) in [4.78, 5) is 21.7. The number of hydrogen-bond donors (Lipinski definition) is 0. The first kappa shape index (κ1) is 37.7. The summed E-state index contributed by atoms with van der Waals surface area (Å²) in [6.07, 6.45) is 0. The molecule has 0 N–H and O–H groups in total. The van der Waals surface area contributed by atoms with Gasteiger partial charge in [0.25, 0.3) is 0 Å². The third kappa shape index (κ3) is 6.23. The summed E-state index contributed by atoms with van der Waals surface area (Å²) in [6, 6.07) is 69.0. The Labute approximate surface area is 373 Å². The summed E-state index contributed by atoms with van der Waals surface area (Å²) in [5.74, 6) is 1.38. The highest BCUT2D eigenvalue weighted by Crippen LogP contribution is 2.43. The quantitative estimate of drug-likeness (QED) is 0.119. The highest BCUT2D eigenvalue weighted by Gasteiger charge is 2.34. The zero-order chi connectivity index (χ0) is 42.9. The molecule has 5 heteroatoms. The predicted octanol–water partition coefficient (Wildman–Crippen LogP) is 12.5. The molecule has 11 aromatic rings. The van der Waals surface area contributed by atoms with Crippen molar-refractivity contribution in [3.05, 3.63) is 211 Å². The molecule has 0 spiro atoms. The van der Waals surface area contributed by atoms with Gasteiger partial charge in [-0.2, -0.15) is 0 Å². The van der Waals surface area contributed by atoms with Gasteiger partial charge in [-0.1, -0.05) is 203 Å². The lowest BCUT2D eigenvalue weighted by molar-refractivity contribution is 1.19. The molecular weight excluding hydrogens is 775 g/mol. The van der Waals surface area contributed by atoms with E-state index in [0.29, 0.717) is 11.6 Å². The Morgan fingerprint density at radius 2 is 0.703 bits per heavy atom. The van der Waals surface area contributed by atoms with Gasteiger partial charge in [-0.3, -0.25) is 0 Å². The first-order valence-electron chi connectivity index (χ1n) is 22.0. The number of nitrogens with zero attached hydrogens (tertiary/aromatic N) is 4. The van der Waals surface area contributed by atoms with Gasteiger partial charge in [-0.15, -0.1) is 0 Å². The first-order chi connectivity index (χ1) is 31.5. The minimum atomic E-state index is -0.0119. The highest BCUT2D eigenvalue weighted by molar-refractivity contribution is 7.00. The van der Waals surface area contributed by atoms with Crippen LogP contribution in [0, 0.1) is 20.8 Å². The largest absolute Gasteiger partial charge is 0.243 e. The van der Waals surface area contributed by atoms with Crippen molar-refractivity contribution in [2.45, 2.75) is 20.8 Å². The lowest BCUT2D eigenvalue weighted by Crippen LogP contribution is -2.55. The maximum Gasteiger partial charge on any atom is 0.243 e. The molecule has 0 radical (unpaired) electrons. The fourth-order valence-electron chi connectivity index (χ4n) is 10.4. The maximum atomic E-state index is 5.41. The molecule has 0 atom stereocenters. The Hall–Kier alpha value is -8.02. The summed E-state index contributed by atoms with van der Waals surface area (Å²) >= 11 is 0. The van der Waals surface area contributed by atoms with E-state index in [1.807, 2.05) is 24.3 Å². The second-order valence-electron chi connectivity index (χ2n) is 17.1. The Kier molecular flexibility index (Phi) is 8.91. The van der Waals surface area contributed by atoms with Gasteiger partial charge in [0.15, 0.2) is 11.6 Å². The lowest BCUT2D eigenvalue weighted by atomic mass is 9.33. The fourth-order valence-corrected chi connectivity index (χ4v) is 10.4. The van der Waals surface area contributed by atoms with Gasteiger partial charge >= 0.3 is 0 Å². The Morgan fingerprint density at radius 3 is 1.06 bits per heavy atom. The van der Waals surface area contributed by atoms with E-state index >= 15 is 0 Å². The van der Waals surface area contributed by atoms with Crippen LogP contribution in [-0.2, 0) is 0 Å². The van der Waals surface area contributed by atoms with E-state index in [-0.39, 0.29) is 6.71 Å². The van der Waals surface area contributed by atoms with Crippen LogP contribution in [0.5, 0.6) is 0 Å². The van der Waals surface area contributed by atoms with E-state index in [1.54, 1.807) is 0 Å². The monoisotopic (exact) mass is 816 g/mol. The van der Waals surface area contributed by atoms with Crippen LogP contribution >= 0.6 is 0 Å². The van der Waals surface area contributed by atoms with Crippen LogP contribution in [0.25, 0.3) is 100 Å². The average molecular weight is 817 g/mol. The number of benzene rings is 9. The molecular formula is C59H41BN4. The van der Waals surface area contributed by atoms with Crippen LogP contribution in [0.2, 0.25) is 0 Å². The fraction of sp³-hybridized carbons (Fsp3) is 0.0508. The van der Waals surface area contributed by atoms with Gasteiger partial charge in [0.05, 0.1) is 22.8 Å². The normalized spacial score (nSPS) is 12.0. The van der Waals surface area contributed by atoms with Gasteiger partial charge < -0.3 is 0 Å². The van der Waals surface area contributed by atoms with Crippen LogP contribution in [-0.4, -0.2) is 26.6 Å². The van der Waals surface area contributed by atoms with E-state index in [4.69, 9.17) is 19.9 Å². The van der Waals surface area contributed by atoms with Crippen LogP contribution in [0.1, 0.15) is 16.7 Å². The van der Waals surface area contributed by atoms with Crippen molar-refractivity contribution < 1.29 is 0 Å². The van der Waals surface area contributed by atoms with Crippen LogP contribution in [0.3, 0.4) is 0 Å². The van der Waals surface area contributed by atoms with Gasteiger partial charge in [-0.05, 0) is 77.4 Å². The summed E-state index contributed by atoms with van der Waals surface area (Å²) in [5.41, 5.74) is 17.5. The molecule has 300 valence electrons. The van der Waals surface area contributed by atoms with Crippen molar-refractivity contribution in [1.82, 2.24) is 19.9 Å². The number of aromatic nitrogens is 4. The SMILES string of the molecule is Cc1cc(C)c(B2c3cccc4c(-c5nc(-c6ccccc6)cc(-c6ccccc6)n5)cc5cc(-c6nc(-c7ccccc7)cc(-c7ccccc7)n6)c6cccc2c6c5c34)c(C)c1. The van der Waals surface area contributed by atoms with E-state index < -0.39 is 0 Å².